The van der Waals surface area contributed by atoms with E-state index in [1.54, 1.807) is 18.2 Å². The van der Waals surface area contributed by atoms with Crippen LogP contribution < -0.4 is 0 Å². The van der Waals surface area contributed by atoms with Crippen LogP contribution in [0.4, 0.5) is 0 Å². The molecule has 0 spiro atoms. The van der Waals surface area contributed by atoms with Crippen LogP contribution in [0.15, 0.2) is 52.9 Å². The molecule has 0 radical (unpaired) electrons. The molecule has 1 aliphatic carbocycles. The van der Waals surface area contributed by atoms with Gasteiger partial charge in [-0.25, -0.2) is 0 Å². The molecule has 0 aliphatic heterocycles. The zero-order valence-corrected chi connectivity index (χ0v) is 16.6. The lowest BCUT2D eigenvalue weighted by atomic mass is 10.1. The smallest absolute Gasteiger partial charge is 0.249 e. The Balaban J connectivity index is 1.54. The van der Waals surface area contributed by atoms with Gasteiger partial charge in [0.2, 0.25) is 11.8 Å². The highest BCUT2D eigenvalue weighted by atomic mass is 35.5. The molecule has 4 nitrogen and oxygen atoms in total. The van der Waals surface area contributed by atoms with Crippen molar-refractivity contribution >= 4 is 23.2 Å². The van der Waals surface area contributed by atoms with E-state index in [9.17, 15) is 0 Å². The Kier molecular flexibility index (Phi) is 5.48. The van der Waals surface area contributed by atoms with Crippen LogP contribution in [0.25, 0.3) is 11.5 Å². The van der Waals surface area contributed by atoms with Crippen LogP contribution >= 0.6 is 23.2 Å². The first-order chi connectivity index (χ1) is 13.1. The van der Waals surface area contributed by atoms with E-state index < -0.39 is 0 Å². The lowest BCUT2D eigenvalue weighted by Gasteiger charge is -2.28. The number of hydrogen-bond acceptors (Lipinski definition) is 4. The van der Waals surface area contributed by atoms with Crippen molar-refractivity contribution in [2.24, 2.45) is 5.92 Å². The first kappa shape index (κ1) is 18.5. The van der Waals surface area contributed by atoms with Gasteiger partial charge < -0.3 is 4.42 Å². The minimum absolute atomic E-state index is 0.279. The first-order valence-corrected chi connectivity index (χ1v) is 9.92. The minimum atomic E-state index is 0.279. The van der Waals surface area contributed by atoms with Gasteiger partial charge in [0, 0.05) is 17.6 Å². The number of aromatic nitrogens is 2. The monoisotopic (exact) mass is 401 g/mol. The molecule has 3 aromatic rings. The van der Waals surface area contributed by atoms with E-state index in [-0.39, 0.29) is 6.04 Å². The second-order valence-electron chi connectivity index (χ2n) is 7.08. The third kappa shape index (κ3) is 4.52. The summed E-state index contributed by atoms with van der Waals surface area (Å²) < 4.78 is 5.92. The Morgan fingerprint density at radius 1 is 1.11 bits per heavy atom. The SMILES string of the molecule is C[C@@H](c1ccccc1)N(Cc1nnc(-c2ccc(Cl)cc2Cl)o1)CC1CC1. The van der Waals surface area contributed by atoms with Crippen molar-refractivity contribution in [2.45, 2.75) is 32.4 Å². The largest absolute Gasteiger partial charge is 0.419 e. The average molecular weight is 402 g/mol. The summed E-state index contributed by atoms with van der Waals surface area (Å²) in [5.74, 6) is 1.79. The van der Waals surface area contributed by atoms with Crippen molar-refractivity contribution in [1.29, 1.82) is 0 Å². The Morgan fingerprint density at radius 3 is 2.59 bits per heavy atom. The second-order valence-corrected chi connectivity index (χ2v) is 7.93. The molecule has 1 saturated carbocycles. The molecule has 0 amide bonds. The van der Waals surface area contributed by atoms with Crippen molar-refractivity contribution in [3.63, 3.8) is 0 Å². The Bertz CT molecular complexity index is 909. The van der Waals surface area contributed by atoms with Gasteiger partial charge in [-0.15, -0.1) is 10.2 Å². The molecule has 1 fully saturated rings. The maximum Gasteiger partial charge on any atom is 0.249 e. The highest BCUT2D eigenvalue weighted by Crippen LogP contribution is 2.34. The minimum Gasteiger partial charge on any atom is -0.419 e. The lowest BCUT2D eigenvalue weighted by molar-refractivity contribution is 0.175. The van der Waals surface area contributed by atoms with E-state index in [0.717, 1.165) is 12.5 Å². The fourth-order valence-electron chi connectivity index (χ4n) is 3.20. The van der Waals surface area contributed by atoms with E-state index in [2.05, 4.69) is 46.3 Å². The summed E-state index contributed by atoms with van der Waals surface area (Å²) in [4.78, 5) is 2.41. The van der Waals surface area contributed by atoms with Gasteiger partial charge in [0.05, 0.1) is 17.1 Å². The van der Waals surface area contributed by atoms with Crippen LogP contribution in [0.2, 0.25) is 10.0 Å². The van der Waals surface area contributed by atoms with Crippen LogP contribution in [0, 0.1) is 5.92 Å². The standard InChI is InChI=1S/C21H21Cl2N3O/c1-14(16-5-3-2-4-6-16)26(12-15-7-8-15)13-20-24-25-21(27-20)18-10-9-17(22)11-19(18)23/h2-6,9-11,14-15H,7-8,12-13H2,1H3/t14-/m0/s1. The highest BCUT2D eigenvalue weighted by Gasteiger charge is 2.28. The molecule has 0 N–H and O–H groups in total. The van der Waals surface area contributed by atoms with E-state index >= 15 is 0 Å². The summed E-state index contributed by atoms with van der Waals surface area (Å²) in [5, 5.41) is 9.52. The molecule has 27 heavy (non-hydrogen) atoms. The molecular formula is C21H21Cl2N3O. The van der Waals surface area contributed by atoms with Crippen LogP contribution in [-0.2, 0) is 6.54 Å². The molecule has 0 bridgehead atoms. The fourth-order valence-corrected chi connectivity index (χ4v) is 3.69. The van der Waals surface area contributed by atoms with Crippen LogP contribution in [-0.4, -0.2) is 21.6 Å². The van der Waals surface area contributed by atoms with Crippen LogP contribution in [0.5, 0.6) is 0 Å². The molecule has 1 atom stereocenters. The number of rotatable bonds is 7. The molecule has 1 aromatic heterocycles. The molecule has 140 valence electrons. The van der Waals surface area contributed by atoms with Gasteiger partial charge in [-0.3, -0.25) is 4.90 Å². The van der Waals surface area contributed by atoms with E-state index in [4.69, 9.17) is 27.6 Å². The highest BCUT2D eigenvalue weighted by molar-refractivity contribution is 6.36. The number of benzene rings is 2. The summed E-state index contributed by atoms with van der Waals surface area (Å²) >= 11 is 12.2. The second kappa shape index (κ2) is 8.01. The zero-order valence-electron chi connectivity index (χ0n) is 15.1. The van der Waals surface area contributed by atoms with E-state index in [1.807, 2.05) is 6.07 Å². The third-order valence-corrected chi connectivity index (χ3v) is 5.53. The normalized spacial score (nSPS) is 15.3. The van der Waals surface area contributed by atoms with Gasteiger partial charge in [0.1, 0.15) is 0 Å². The van der Waals surface area contributed by atoms with Crippen LogP contribution in [0.3, 0.4) is 0 Å². The van der Waals surface area contributed by atoms with Crippen molar-refractivity contribution in [3.05, 3.63) is 70.0 Å². The predicted octanol–water partition coefficient (Wildman–Crippen LogP) is 6.02. The molecule has 0 unspecified atom stereocenters. The van der Waals surface area contributed by atoms with Gasteiger partial charge in [0.15, 0.2) is 0 Å². The summed E-state index contributed by atoms with van der Waals surface area (Å²) in [6, 6.07) is 16.1. The van der Waals surface area contributed by atoms with Crippen molar-refractivity contribution < 1.29 is 4.42 Å². The Labute approximate surface area is 169 Å². The van der Waals surface area contributed by atoms with Crippen molar-refractivity contribution in [1.82, 2.24) is 15.1 Å². The Morgan fingerprint density at radius 2 is 1.89 bits per heavy atom. The maximum atomic E-state index is 6.26. The Hall–Kier alpha value is -1.88. The summed E-state index contributed by atoms with van der Waals surface area (Å²) in [6.45, 7) is 3.88. The van der Waals surface area contributed by atoms with Gasteiger partial charge in [-0.05, 0) is 49.4 Å². The predicted molar refractivity (Wildman–Crippen MR) is 108 cm³/mol. The lowest BCUT2D eigenvalue weighted by Crippen LogP contribution is -2.29. The quantitative estimate of drug-likeness (QED) is 0.485. The first-order valence-electron chi connectivity index (χ1n) is 9.17. The summed E-state index contributed by atoms with van der Waals surface area (Å²) in [6.07, 6.45) is 2.60. The van der Waals surface area contributed by atoms with Crippen molar-refractivity contribution in [3.8, 4) is 11.5 Å². The molecule has 0 saturated heterocycles. The number of halogens is 2. The summed E-state index contributed by atoms with van der Waals surface area (Å²) in [5.41, 5.74) is 1.99. The number of nitrogens with zero attached hydrogens (tertiary/aromatic N) is 3. The molecule has 2 aromatic carbocycles. The molecule has 1 heterocycles. The van der Waals surface area contributed by atoms with Gasteiger partial charge in [-0.2, -0.15) is 0 Å². The molecule has 4 rings (SSSR count). The third-order valence-electron chi connectivity index (χ3n) is 4.99. The van der Waals surface area contributed by atoms with Gasteiger partial charge >= 0.3 is 0 Å². The fraction of sp³-hybridized carbons (Fsp3) is 0.333. The molecule has 1 aliphatic rings. The van der Waals surface area contributed by atoms with E-state index in [1.165, 1.54) is 18.4 Å². The van der Waals surface area contributed by atoms with Crippen LogP contribution in [0.1, 0.15) is 37.3 Å². The maximum absolute atomic E-state index is 6.26. The number of hydrogen-bond donors (Lipinski definition) is 0. The van der Waals surface area contributed by atoms with Gasteiger partial charge in [0.25, 0.3) is 0 Å². The average Bonchev–Trinajstić information content (AvgIpc) is 3.37. The topological polar surface area (TPSA) is 42.2 Å². The van der Waals surface area contributed by atoms with E-state index in [0.29, 0.717) is 33.9 Å². The summed E-state index contributed by atoms with van der Waals surface area (Å²) in [7, 11) is 0. The molecular weight excluding hydrogens is 381 g/mol. The zero-order chi connectivity index (χ0) is 18.8. The molecule has 6 heteroatoms. The van der Waals surface area contributed by atoms with Crippen molar-refractivity contribution in [2.75, 3.05) is 6.54 Å². The van der Waals surface area contributed by atoms with Gasteiger partial charge in [-0.1, -0.05) is 53.5 Å².